The van der Waals surface area contributed by atoms with Crippen molar-refractivity contribution in [2.75, 3.05) is 19.7 Å². The van der Waals surface area contributed by atoms with Crippen molar-refractivity contribution in [1.29, 1.82) is 0 Å². The van der Waals surface area contributed by atoms with Crippen molar-refractivity contribution in [2.24, 2.45) is 0 Å². The first-order chi connectivity index (χ1) is 7.02. The highest BCUT2D eigenvalue weighted by atomic mass is 19.1. The molecule has 1 unspecified atom stereocenters. The smallest absolute Gasteiger partial charge is 0.115 e. The van der Waals surface area contributed by atoms with Crippen LogP contribution in [0.15, 0.2) is 0 Å². The van der Waals surface area contributed by atoms with Gasteiger partial charge in [0.05, 0.1) is 18.2 Å². The minimum atomic E-state index is -0.812. The van der Waals surface area contributed by atoms with Gasteiger partial charge in [-0.05, 0) is 13.8 Å². The summed E-state index contributed by atoms with van der Waals surface area (Å²) in [7, 11) is 0. The van der Waals surface area contributed by atoms with Crippen molar-refractivity contribution in [1.82, 2.24) is 4.90 Å². The van der Waals surface area contributed by atoms with Crippen LogP contribution < -0.4 is 0 Å². The molecule has 88 valence electrons. The molecule has 0 aliphatic carbocycles. The van der Waals surface area contributed by atoms with E-state index in [1.165, 1.54) is 0 Å². The van der Waals surface area contributed by atoms with Crippen LogP contribution in [0.3, 0.4) is 0 Å². The van der Waals surface area contributed by atoms with E-state index in [0.717, 1.165) is 0 Å². The average Bonchev–Trinajstić information content (AvgIpc) is 2.53. The van der Waals surface area contributed by atoms with E-state index in [0.29, 0.717) is 32.5 Å². The maximum Gasteiger partial charge on any atom is 0.115 e. The molecule has 0 aromatic heterocycles. The van der Waals surface area contributed by atoms with Gasteiger partial charge >= 0.3 is 0 Å². The lowest BCUT2D eigenvalue weighted by atomic mass is 9.94. The molecule has 0 spiro atoms. The molecule has 2 aliphatic rings. The van der Waals surface area contributed by atoms with Gasteiger partial charge in [-0.15, -0.1) is 0 Å². The summed E-state index contributed by atoms with van der Waals surface area (Å²) in [4.78, 5) is 1.94. The molecule has 2 aliphatic heterocycles. The molecule has 15 heavy (non-hydrogen) atoms. The fourth-order valence-electron chi connectivity index (χ4n) is 2.77. The summed E-state index contributed by atoms with van der Waals surface area (Å²) in [6, 6.07) is 0. The van der Waals surface area contributed by atoms with Crippen LogP contribution in [0.25, 0.3) is 0 Å². The van der Waals surface area contributed by atoms with E-state index in [1.54, 1.807) is 0 Å². The highest BCUT2D eigenvalue weighted by Gasteiger charge is 2.52. The van der Waals surface area contributed by atoms with Crippen LogP contribution in [0.2, 0.25) is 0 Å². The van der Waals surface area contributed by atoms with E-state index in [1.807, 2.05) is 18.7 Å². The number of hydrogen-bond acceptors (Lipinski definition) is 2. The number of hydrogen-bond donors (Lipinski definition) is 0. The first-order valence-electron chi connectivity index (χ1n) is 5.67. The second kappa shape index (κ2) is 3.98. The van der Waals surface area contributed by atoms with Gasteiger partial charge < -0.3 is 4.74 Å². The van der Waals surface area contributed by atoms with Crippen LogP contribution >= 0.6 is 0 Å². The molecule has 2 fully saturated rings. The lowest BCUT2D eigenvalue weighted by Crippen LogP contribution is -2.43. The molecular weight excluding hydrogens is 200 g/mol. The van der Waals surface area contributed by atoms with Gasteiger partial charge in [-0.2, -0.15) is 0 Å². The molecular formula is C11H19F2NO. The number of rotatable bonds is 3. The quantitative estimate of drug-likeness (QED) is 0.719. The molecule has 2 heterocycles. The Morgan fingerprint density at radius 2 is 1.80 bits per heavy atom. The summed E-state index contributed by atoms with van der Waals surface area (Å²) in [6.45, 7) is 5.12. The van der Waals surface area contributed by atoms with Gasteiger partial charge in [-0.25, -0.2) is 8.78 Å². The van der Waals surface area contributed by atoms with Crippen LogP contribution in [0.1, 0.15) is 26.7 Å². The third-order valence-electron chi connectivity index (χ3n) is 3.40. The summed E-state index contributed by atoms with van der Waals surface area (Å²) >= 11 is 0. The third kappa shape index (κ3) is 2.16. The molecule has 0 bridgehead atoms. The van der Waals surface area contributed by atoms with Gasteiger partial charge in [0.1, 0.15) is 12.3 Å². The van der Waals surface area contributed by atoms with Crippen molar-refractivity contribution in [3.05, 3.63) is 0 Å². The Morgan fingerprint density at radius 3 is 2.27 bits per heavy atom. The first-order valence-corrected chi connectivity index (χ1v) is 5.67. The maximum atomic E-state index is 13.3. The molecule has 0 aromatic carbocycles. The van der Waals surface area contributed by atoms with E-state index in [9.17, 15) is 8.78 Å². The van der Waals surface area contributed by atoms with Gasteiger partial charge in [-0.1, -0.05) is 0 Å². The predicted octanol–water partition coefficient (Wildman–Crippen LogP) is 1.94. The Balaban J connectivity index is 2.02. The Bertz CT molecular complexity index is 221. The lowest BCUT2D eigenvalue weighted by Gasteiger charge is -2.31. The van der Waals surface area contributed by atoms with Crippen LogP contribution in [0.5, 0.6) is 0 Å². The Hall–Kier alpha value is -0.220. The van der Waals surface area contributed by atoms with E-state index >= 15 is 0 Å². The fourth-order valence-corrected chi connectivity index (χ4v) is 2.77. The topological polar surface area (TPSA) is 12.5 Å². The number of ether oxygens (including phenoxy) is 1. The minimum Gasteiger partial charge on any atom is -0.377 e. The summed E-state index contributed by atoms with van der Waals surface area (Å²) in [6.07, 6.45) is -0.639. The minimum absolute atomic E-state index is 0.124. The van der Waals surface area contributed by atoms with Crippen LogP contribution in [-0.2, 0) is 4.74 Å². The van der Waals surface area contributed by atoms with Gasteiger partial charge in [0.25, 0.3) is 0 Å². The van der Waals surface area contributed by atoms with E-state index in [4.69, 9.17) is 4.74 Å². The van der Waals surface area contributed by atoms with E-state index < -0.39 is 12.3 Å². The monoisotopic (exact) mass is 219 g/mol. The van der Waals surface area contributed by atoms with Crippen molar-refractivity contribution in [3.63, 3.8) is 0 Å². The van der Waals surface area contributed by atoms with Gasteiger partial charge in [-0.3, -0.25) is 4.90 Å². The van der Waals surface area contributed by atoms with Crippen LogP contribution in [0, 0.1) is 0 Å². The largest absolute Gasteiger partial charge is 0.377 e. The van der Waals surface area contributed by atoms with Gasteiger partial charge in [0, 0.05) is 25.9 Å². The molecule has 0 radical (unpaired) electrons. The lowest BCUT2D eigenvalue weighted by molar-refractivity contribution is 0.00236. The molecule has 0 N–H and O–H groups in total. The summed E-state index contributed by atoms with van der Waals surface area (Å²) in [5.41, 5.74) is -0.358. The maximum absolute atomic E-state index is 13.3. The Kier molecular flexibility index (Phi) is 2.99. The van der Waals surface area contributed by atoms with Crippen LogP contribution in [-0.4, -0.2) is 48.6 Å². The zero-order valence-electron chi connectivity index (χ0n) is 9.38. The number of halogens is 2. The second-order valence-corrected chi connectivity index (χ2v) is 5.09. The molecule has 3 atom stereocenters. The number of fused-ring (bicyclic) bond motifs is 1. The zero-order chi connectivity index (χ0) is 11.1. The van der Waals surface area contributed by atoms with E-state index in [-0.39, 0.29) is 11.6 Å². The summed E-state index contributed by atoms with van der Waals surface area (Å²) in [5, 5.41) is 0. The molecule has 2 saturated heterocycles. The normalized spacial score (nSPS) is 41.4. The van der Waals surface area contributed by atoms with Crippen molar-refractivity contribution in [2.45, 2.75) is 50.7 Å². The molecule has 2 nitrogen and oxygen atoms in total. The molecule has 2 rings (SSSR count). The predicted molar refractivity (Wildman–Crippen MR) is 54.4 cm³/mol. The number of alkyl halides is 2. The molecule has 0 amide bonds. The number of nitrogens with zero attached hydrogens (tertiary/aromatic N) is 1. The second-order valence-electron chi connectivity index (χ2n) is 5.09. The zero-order valence-corrected chi connectivity index (χ0v) is 9.38. The molecule has 0 saturated carbocycles. The fraction of sp³-hybridized carbons (Fsp3) is 1.00. The third-order valence-corrected chi connectivity index (χ3v) is 3.40. The summed E-state index contributed by atoms with van der Waals surface area (Å²) < 4.78 is 32.2. The molecule has 4 heteroatoms. The van der Waals surface area contributed by atoms with Gasteiger partial charge in [0.15, 0.2) is 0 Å². The standard InChI is InChI=1S/C11H19F2NO/c1-8(2)15-7-11-3-9(12)5-14(11)6-10(13)4-11/h8-10H,3-7H2,1-2H3/t9-,10+,11?. The summed E-state index contributed by atoms with van der Waals surface area (Å²) in [5.74, 6) is 0. The van der Waals surface area contributed by atoms with Gasteiger partial charge in [0.2, 0.25) is 0 Å². The van der Waals surface area contributed by atoms with Crippen LogP contribution in [0.4, 0.5) is 8.78 Å². The van der Waals surface area contributed by atoms with Crippen molar-refractivity contribution in [3.8, 4) is 0 Å². The Morgan fingerprint density at radius 1 is 1.27 bits per heavy atom. The highest BCUT2D eigenvalue weighted by molar-refractivity contribution is 5.06. The van der Waals surface area contributed by atoms with E-state index in [2.05, 4.69) is 0 Å². The Labute approximate surface area is 89.6 Å². The van der Waals surface area contributed by atoms with Crippen molar-refractivity contribution < 1.29 is 13.5 Å². The average molecular weight is 219 g/mol. The van der Waals surface area contributed by atoms with Crippen molar-refractivity contribution >= 4 is 0 Å². The highest BCUT2D eigenvalue weighted by Crippen LogP contribution is 2.41. The molecule has 0 aromatic rings. The SMILES string of the molecule is CC(C)OCC12C[C@H](F)CN1C[C@H](F)C2. The first kappa shape index (κ1) is 11.3.